The zero-order valence-corrected chi connectivity index (χ0v) is 3.94. The van der Waals surface area contributed by atoms with E-state index in [1.54, 1.807) is 0 Å². The first-order chi connectivity index (χ1) is 3.66. The average Bonchev–Trinajstić information content (AvgIpc) is 1.65. The zero-order valence-electron chi connectivity index (χ0n) is 3.94. The second-order valence-electron chi connectivity index (χ2n) is 0.974. The van der Waals surface area contributed by atoms with E-state index in [1.807, 2.05) is 0 Å². The Morgan fingerprint density at radius 3 is 2.11 bits per heavy atom. The molecule has 0 aromatic rings. The molecule has 0 aliphatic heterocycles. The van der Waals surface area contributed by atoms with Crippen molar-refractivity contribution < 1.29 is 24.6 Å². The van der Waals surface area contributed by atoms with Crippen LogP contribution >= 0.6 is 0 Å². The van der Waals surface area contributed by atoms with Crippen molar-refractivity contribution >= 4 is 30.7 Å². The van der Waals surface area contributed by atoms with Gasteiger partial charge in [0, 0.05) is 0 Å². The molecular formula is C2H8AlBO5. The lowest BCUT2D eigenvalue weighted by molar-refractivity contribution is -0.140. The van der Waals surface area contributed by atoms with E-state index in [1.165, 1.54) is 0 Å². The maximum absolute atomic E-state index is 9.83. The first-order valence-electron chi connectivity index (χ1n) is 1.83. The molecule has 0 fully saturated rings. The van der Waals surface area contributed by atoms with Gasteiger partial charge in [0.25, 0.3) is 0 Å². The molecule has 0 spiro atoms. The van der Waals surface area contributed by atoms with Crippen LogP contribution in [-0.2, 0) is 9.45 Å². The maximum Gasteiger partial charge on any atom is 0.709 e. The van der Waals surface area contributed by atoms with Crippen molar-refractivity contribution in [1.29, 1.82) is 0 Å². The van der Waals surface area contributed by atoms with Gasteiger partial charge in [-0.2, -0.15) is 0 Å². The molecule has 0 amide bonds. The van der Waals surface area contributed by atoms with E-state index in [0.29, 0.717) is 0 Å². The van der Waals surface area contributed by atoms with Crippen LogP contribution in [0.1, 0.15) is 0 Å². The molecule has 5 nitrogen and oxygen atoms in total. The van der Waals surface area contributed by atoms with Crippen LogP contribution in [0.3, 0.4) is 0 Å². The number of carbonyl (C=O) groups excluding carboxylic acids is 1. The molecule has 52 valence electrons. The van der Waals surface area contributed by atoms with Crippen LogP contribution in [0.15, 0.2) is 0 Å². The summed E-state index contributed by atoms with van der Waals surface area (Å²) in [5.41, 5.74) is 0. The summed E-state index contributed by atoms with van der Waals surface area (Å²) >= 11 is 0. The summed E-state index contributed by atoms with van der Waals surface area (Å²) in [5.74, 6) is -1.07. The highest BCUT2D eigenvalue weighted by Crippen LogP contribution is 1.75. The second-order valence-corrected chi connectivity index (χ2v) is 0.974. The molecule has 0 saturated carbocycles. The Labute approximate surface area is 62.6 Å². The molecule has 0 aromatic carbocycles. The molecular weight excluding hydrogens is 142 g/mol. The predicted molar refractivity (Wildman–Crippen MR) is 33.3 cm³/mol. The molecule has 0 heterocycles. The highest BCUT2D eigenvalue weighted by molar-refractivity contribution is 6.35. The van der Waals surface area contributed by atoms with E-state index >= 15 is 0 Å². The van der Waals surface area contributed by atoms with E-state index in [0.717, 1.165) is 0 Å². The van der Waals surface area contributed by atoms with Gasteiger partial charge in [-0.1, -0.05) is 0 Å². The quantitative estimate of drug-likeness (QED) is 0.352. The third-order valence-electron chi connectivity index (χ3n) is 0.366. The molecule has 0 radical (unpaired) electrons. The first kappa shape index (κ1) is 11.7. The van der Waals surface area contributed by atoms with Gasteiger partial charge in [0.15, 0.2) is 17.4 Å². The lowest BCUT2D eigenvalue weighted by atomic mass is 10.3. The summed E-state index contributed by atoms with van der Waals surface area (Å²) in [6, 6.07) is 0. The van der Waals surface area contributed by atoms with Gasteiger partial charge in [-0.25, -0.2) is 0 Å². The summed E-state index contributed by atoms with van der Waals surface area (Å²) in [5, 5.41) is 23.6. The molecule has 0 aromatic heterocycles. The molecule has 0 saturated heterocycles. The summed E-state index contributed by atoms with van der Waals surface area (Å²) in [4.78, 5) is 9.83. The summed E-state index contributed by atoms with van der Waals surface area (Å²) in [6.07, 6.45) is 0. The van der Waals surface area contributed by atoms with Gasteiger partial charge in [-0.05, 0) is 0 Å². The van der Waals surface area contributed by atoms with Crippen molar-refractivity contribution in [2.45, 2.75) is 0 Å². The fraction of sp³-hybridized carbons (Fsp3) is 0.500. The third kappa shape index (κ3) is 7.95. The van der Waals surface area contributed by atoms with Crippen LogP contribution in [0.2, 0.25) is 0 Å². The molecule has 7 heteroatoms. The Hall–Kier alpha value is -0.0526. The Morgan fingerprint density at radius 1 is 1.56 bits per heavy atom. The lowest BCUT2D eigenvalue weighted by Gasteiger charge is -1.96. The van der Waals surface area contributed by atoms with E-state index in [2.05, 4.69) is 4.65 Å². The van der Waals surface area contributed by atoms with E-state index in [-0.39, 0.29) is 17.4 Å². The van der Waals surface area contributed by atoms with Gasteiger partial charge in [0.1, 0.15) is 6.61 Å². The number of aliphatic hydroxyl groups excluding tert-OH is 1. The van der Waals surface area contributed by atoms with Crippen molar-refractivity contribution in [3.8, 4) is 0 Å². The number of carbonyl (C=O) groups is 1. The highest BCUT2D eigenvalue weighted by atomic mass is 27.0. The molecule has 9 heavy (non-hydrogen) atoms. The lowest BCUT2D eigenvalue weighted by Crippen LogP contribution is -2.23. The van der Waals surface area contributed by atoms with Gasteiger partial charge in [-0.3, -0.25) is 4.79 Å². The molecule has 3 N–H and O–H groups in total. The van der Waals surface area contributed by atoms with Gasteiger partial charge < -0.3 is 19.8 Å². The van der Waals surface area contributed by atoms with Gasteiger partial charge in [0.2, 0.25) is 0 Å². The summed E-state index contributed by atoms with van der Waals surface area (Å²) < 4.78 is 3.62. The fourth-order valence-electron chi connectivity index (χ4n) is 0.155. The van der Waals surface area contributed by atoms with Crippen LogP contribution in [0.25, 0.3) is 0 Å². The molecule has 0 aliphatic carbocycles. The molecule has 0 unspecified atom stereocenters. The van der Waals surface area contributed by atoms with E-state index in [4.69, 9.17) is 15.2 Å². The van der Waals surface area contributed by atoms with Gasteiger partial charge in [0.05, 0.1) is 0 Å². The van der Waals surface area contributed by atoms with E-state index < -0.39 is 19.9 Å². The van der Waals surface area contributed by atoms with Crippen molar-refractivity contribution in [1.82, 2.24) is 0 Å². The molecule has 0 rings (SSSR count). The number of hydrogen-bond acceptors (Lipinski definition) is 5. The second kappa shape index (κ2) is 6.07. The van der Waals surface area contributed by atoms with Crippen LogP contribution in [0.5, 0.6) is 0 Å². The van der Waals surface area contributed by atoms with Crippen molar-refractivity contribution in [2.24, 2.45) is 0 Å². The third-order valence-corrected chi connectivity index (χ3v) is 0.366. The Balaban J connectivity index is 0. The molecule has 0 aliphatic rings. The smallest absolute Gasteiger partial charge is 0.483 e. The molecule has 0 atom stereocenters. The zero-order chi connectivity index (χ0) is 6.57. The largest absolute Gasteiger partial charge is 0.709 e. The topological polar surface area (TPSA) is 87.0 Å². The minimum absolute atomic E-state index is 0. The monoisotopic (exact) mass is 150 g/mol. The standard InChI is InChI=1S/C2H5BO5.Al.3H/c4-1-2(5)8-3(6)7;;;;/h4,6-7H,1H2;;;;. The van der Waals surface area contributed by atoms with Crippen LogP contribution in [-0.4, -0.2) is 52.4 Å². The Bertz CT molecular complexity index is 85.0. The van der Waals surface area contributed by atoms with Crippen LogP contribution in [0, 0.1) is 0 Å². The summed E-state index contributed by atoms with van der Waals surface area (Å²) in [7, 11) is -2.13. The van der Waals surface area contributed by atoms with Gasteiger partial charge in [-0.15, -0.1) is 0 Å². The summed E-state index contributed by atoms with van der Waals surface area (Å²) in [6.45, 7) is -0.850. The number of hydrogen-bond donors (Lipinski definition) is 3. The molecule has 0 bridgehead atoms. The highest BCUT2D eigenvalue weighted by Gasteiger charge is 2.13. The van der Waals surface area contributed by atoms with Gasteiger partial charge >= 0.3 is 13.3 Å². The van der Waals surface area contributed by atoms with Crippen molar-refractivity contribution in [2.75, 3.05) is 6.61 Å². The van der Waals surface area contributed by atoms with Crippen LogP contribution in [0.4, 0.5) is 0 Å². The van der Waals surface area contributed by atoms with E-state index in [9.17, 15) is 4.79 Å². The van der Waals surface area contributed by atoms with Crippen molar-refractivity contribution in [3.05, 3.63) is 0 Å². The SMILES string of the molecule is O=C(CO)OB(O)O.[AlH3]. The predicted octanol–water partition coefficient (Wildman–Crippen LogP) is -3.69. The fourth-order valence-corrected chi connectivity index (χ4v) is 0.155. The Kier molecular flexibility index (Phi) is 7.90. The average molecular weight is 150 g/mol. The number of aliphatic hydroxyl groups is 1. The Morgan fingerprint density at radius 2 is 2.00 bits per heavy atom. The van der Waals surface area contributed by atoms with Crippen LogP contribution < -0.4 is 0 Å². The minimum Gasteiger partial charge on any atom is -0.483 e. The van der Waals surface area contributed by atoms with Crippen molar-refractivity contribution in [3.63, 3.8) is 0 Å². The normalized spacial score (nSPS) is 7.44. The minimum atomic E-state index is -2.13. The number of rotatable bonds is 2. The first-order valence-corrected chi connectivity index (χ1v) is 1.83. The maximum atomic E-state index is 9.83.